The molecule has 0 aliphatic heterocycles. The minimum atomic E-state index is -0.447. The summed E-state index contributed by atoms with van der Waals surface area (Å²) in [5.41, 5.74) is 1.98. The zero-order valence-electron chi connectivity index (χ0n) is 14.8. The number of pyridine rings is 1. The average molecular weight is 381 g/mol. The molecule has 0 radical (unpaired) electrons. The lowest BCUT2D eigenvalue weighted by Gasteiger charge is -2.08. The normalized spacial score (nSPS) is 11.3. The van der Waals surface area contributed by atoms with Crippen molar-refractivity contribution in [3.63, 3.8) is 0 Å². The molecule has 0 saturated heterocycles. The lowest BCUT2D eigenvalue weighted by Crippen LogP contribution is -2.12. The highest BCUT2D eigenvalue weighted by Crippen LogP contribution is 2.36. The van der Waals surface area contributed by atoms with Crippen molar-refractivity contribution >= 4 is 39.4 Å². The number of fused-ring (bicyclic) bond motifs is 3. The Balaban J connectivity index is 1.82. The fourth-order valence-corrected chi connectivity index (χ4v) is 3.05. The van der Waals surface area contributed by atoms with E-state index in [2.05, 4.69) is 9.97 Å². The maximum atomic E-state index is 12.2. The first-order valence-electron chi connectivity index (χ1n) is 8.56. The summed E-state index contributed by atoms with van der Waals surface area (Å²) in [4.78, 5) is 19.7. The first-order valence-corrected chi connectivity index (χ1v) is 8.94. The smallest absolute Gasteiger partial charge is 0.357 e. The van der Waals surface area contributed by atoms with Gasteiger partial charge < -0.3 is 14.5 Å². The van der Waals surface area contributed by atoms with E-state index in [1.165, 1.54) is 0 Å². The van der Waals surface area contributed by atoms with Crippen molar-refractivity contribution in [2.75, 3.05) is 0 Å². The van der Waals surface area contributed by atoms with Crippen LogP contribution in [0.4, 0.5) is 0 Å². The number of benzene rings is 2. The van der Waals surface area contributed by atoms with Gasteiger partial charge in [-0.25, -0.2) is 9.78 Å². The van der Waals surface area contributed by atoms with Crippen LogP contribution in [0.1, 0.15) is 24.3 Å². The van der Waals surface area contributed by atoms with Crippen LogP contribution in [0, 0.1) is 0 Å². The van der Waals surface area contributed by atoms with Gasteiger partial charge in [0.1, 0.15) is 17.2 Å². The van der Waals surface area contributed by atoms with Crippen LogP contribution in [0.25, 0.3) is 21.8 Å². The van der Waals surface area contributed by atoms with Gasteiger partial charge in [-0.1, -0.05) is 17.7 Å². The van der Waals surface area contributed by atoms with Crippen LogP contribution >= 0.6 is 11.6 Å². The number of H-pyrrole nitrogens is 1. The lowest BCUT2D eigenvalue weighted by molar-refractivity contribution is 0.0371. The molecule has 5 nitrogen and oxygen atoms in total. The van der Waals surface area contributed by atoms with E-state index in [0.29, 0.717) is 16.5 Å². The fourth-order valence-electron chi connectivity index (χ4n) is 2.92. The molecule has 0 saturated carbocycles. The Morgan fingerprint density at radius 3 is 2.63 bits per heavy atom. The van der Waals surface area contributed by atoms with Gasteiger partial charge in [0.25, 0.3) is 0 Å². The molecule has 2 heterocycles. The molecule has 0 fully saturated rings. The molecule has 6 heteroatoms. The number of aromatic nitrogens is 2. The van der Waals surface area contributed by atoms with Crippen molar-refractivity contribution < 1.29 is 14.3 Å². The molecule has 4 rings (SSSR count). The fraction of sp³-hybridized carbons (Fsp3) is 0.143. The topological polar surface area (TPSA) is 64.2 Å². The number of nitrogens with zero attached hydrogens (tertiary/aromatic N) is 1. The van der Waals surface area contributed by atoms with Gasteiger partial charge in [-0.2, -0.15) is 0 Å². The summed E-state index contributed by atoms with van der Waals surface area (Å²) >= 11 is 5.94. The molecule has 1 N–H and O–H groups in total. The first-order chi connectivity index (χ1) is 13.0. The van der Waals surface area contributed by atoms with Gasteiger partial charge >= 0.3 is 5.97 Å². The van der Waals surface area contributed by atoms with Crippen LogP contribution in [0.3, 0.4) is 0 Å². The SMILES string of the molecule is CC(C)OC(=O)c1cc2c(cn1)[nH]c1cccc(Oc3ccc(Cl)cc3)c12. The summed E-state index contributed by atoms with van der Waals surface area (Å²) < 4.78 is 11.3. The zero-order chi connectivity index (χ0) is 19.0. The molecule has 0 atom stereocenters. The molecule has 2 aromatic carbocycles. The van der Waals surface area contributed by atoms with Crippen LogP contribution in [0.15, 0.2) is 54.7 Å². The van der Waals surface area contributed by atoms with Gasteiger partial charge in [0.05, 0.1) is 28.7 Å². The van der Waals surface area contributed by atoms with Crippen molar-refractivity contribution in [2.45, 2.75) is 20.0 Å². The maximum absolute atomic E-state index is 12.2. The highest BCUT2D eigenvalue weighted by molar-refractivity contribution is 6.30. The van der Waals surface area contributed by atoms with Gasteiger partial charge in [0, 0.05) is 10.4 Å². The van der Waals surface area contributed by atoms with Gasteiger partial charge in [-0.15, -0.1) is 0 Å². The van der Waals surface area contributed by atoms with Crippen molar-refractivity contribution in [2.24, 2.45) is 0 Å². The number of carbonyl (C=O) groups excluding carboxylic acids is 1. The highest BCUT2D eigenvalue weighted by Gasteiger charge is 2.16. The Morgan fingerprint density at radius 2 is 1.89 bits per heavy atom. The van der Waals surface area contributed by atoms with Crippen LogP contribution in [-0.4, -0.2) is 22.0 Å². The Labute approximate surface area is 160 Å². The van der Waals surface area contributed by atoms with Gasteiger partial charge in [-0.05, 0) is 56.3 Å². The molecule has 2 aromatic heterocycles. The van der Waals surface area contributed by atoms with Gasteiger partial charge in [0.2, 0.25) is 0 Å². The summed E-state index contributed by atoms with van der Waals surface area (Å²) in [6.07, 6.45) is 1.43. The van der Waals surface area contributed by atoms with Crippen molar-refractivity contribution in [1.29, 1.82) is 0 Å². The number of ether oxygens (including phenoxy) is 2. The Morgan fingerprint density at radius 1 is 1.11 bits per heavy atom. The number of carbonyl (C=O) groups is 1. The number of aromatic amines is 1. The predicted octanol–water partition coefficient (Wildman–Crippen LogP) is 5.73. The molecular weight excluding hydrogens is 364 g/mol. The van der Waals surface area contributed by atoms with Crippen LogP contribution in [0.5, 0.6) is 11.5 Å². The van der Waals surface area contributed by atoms with E-state index < -0.39 is 5.97 Å². The van der Waals surface area contributed by atoms with Crippen LogP contribution in [-0.2, 0) is 4.74 Å². The Bertz CT molecular complexity index is 1130. The van der Waals surface area contributed by atoms with Gasteiger partial charge in [-0.3, -0.25) is 0 Å². The maximum Gasteiger partial charge on any atom is 0.357 e. The van der Waals surface area contributed by atoms with Crippen LogP contribution in [0.2, 0.25) is 5.02 Å². The molecule has 0 aliphatic rings. The molecule has 0 spiro atoms. The molecular formula is C21H17ClN2O3. The van der Waals surface area contributed by atoms with Crippen molar-refractivity contribution in [1.82, 2.24) is 9.97 Å². The first kappa shape index (κ1) is 17.4. The molecule has 136 valence electrons. The van der Waals surface area contributed by atoms with E-state index in [9.17, 15) is 4.79 Å². The minimum absolute atomic E-state index is 0.207. The molecule has 0 bridgehead atoms. The third-order valence-electron chi connectivity index (χ3n) is 4.06. The molecule has 4 aromatic rings. The number of halogens is 1. The number of nitrogens with one attached hydrogen (secondary N) is 1. The lowest BCUT2D eigenvalue weighted by atomic mass is 10.1. The number of hydrogen-bond acceptors (Lipinski definition) is 4. The summed E-state index contributed by atoms with van der Waals surface area (Å²) in [5, 5.41) is 2.37. The quantitative estimate of drug-likeness (QED) is 0.459. The highest BCUT2D eigenvalue weighted by atomic mass is 35.5. The molecule has 0 amide bonds. The molecule has 0 unspecified atom stereocenters. The van der Waals surface area contributed by atoms with E-state index in [0.717, 1.165) is 21.8 Å². The molecule has 0 aliphatic carbocycles. The molecule has 27 heavy (non-hydrogen) atoms. The number of hydrogen-bond donors (Lipinski definition) is 1. The summed E-state index contributed by atoms with van der Waals surface area (Å²) in [5.74, 6) is 0.905. The predicted molar refractivity (Wildman–Crippen MR) is 106 cm³/mol. The second-order valence-electron chi connectivity index (χ2n) is 6.43. The minimum Gasteiger partial charge on any atom is -0.458 e. The van der Waals surface area contributed by atoms with E-state index in [1.54, 1.807) is 38.2 Å². The second kappa shape index (κ2) is 6.93. The average Bonchev–Trinajstić information content (AvgIpc) is 3.01. The number of esters is 1. The van der Waals surface area contributed by atoms with E-state index >= 15 is 0 Å². The van der Waals surface area contributed by atoms with E-state index in [-0.39, 0.29) is 11.8 Å². The Hall–Kier alpha value is -3.05. The third kappa shape index (κ3) is 3.46. The monoisotopic (exact) mass is 380 g/mol. The largest absolute Gasteiger partial charge is 0.458 e. The van der Waals surface area contributed by atoms with E-state index in [4.69, 9.17) is 21.1 Å². The third-order valence-corrected chi connectivity index (χ3v) is 4.31. The summed E-state index contributed by atoms with van der Waals surface area (Å²) in [6.45, 7) is 3.61. The zero-order valence-corrected chi connectivity index (χ0v) is 15.6. The van der Waals surface area contributed by atoms with Crippen molar-refractivity contribution in [3.05, 3.63) is 65.4 Å². The number of rotatable bonds is 4. The summed E-state index contributed by atoms with van der Waals surface area (Å²) in [6, 6.07) is 14.6. The van der Waals surface area contributed by atoms with Gasteiger partial charge in [0.15, 0.2) is 0 Å². The second-order valence-corrected chi connectivity index (χ2v) is 6.87. The van der Waals surface area contributed by atoms with E-state index in [1.807, 2.05) is 30.3 Å². The van der Waals surface area contributed by atoms with Crippen LogP contribution < -0.4 is 4.74 Å². The summed E-state index contributed by atoms with van der Waals surface area (Å²) in [7, 11) is 0. The Kier molecular flexibility index (Phi) is 4.46. The van der Waals surface area contributed by atoms with Crippen molar-refractivity contribution in [3.8, 4) is 11.5 Å². The standard InChI is InChI=1S/C21H17ClN2O3/c1-12(2)26-21(25)17-10-15-18(11-23-17)24-16-4-3-5-19(20(15)16)27-14-8-6-13(22)7-9-14/h3-12,24H,1-2H3.